The van der Waals surface area contributed by atoms with Crippen molar-refractivity contribution in [3.05, 3.63) is 59.4 Å². The number of rotatable bonds is 3. The van der Waals surface area contributed by atoms with Crippen molar-refractivity contribution < 1.29 is 14.0 Å². The van der Waals surface area contributed by atoms with Gasteiger partial charge in [0.2, 0.25) is 0 Å². The van der Waals surface area contributed by atoms with Gasteiger partial charge in [0.25, 0.3) is 5.91 Å². The summed E-state index contributed by atoms with van der Waals surface area (Å²) in [4.78, 5) is 22.8. The molecule has 2 aromatic rings. The van der Waals surface area contributed by atoms with Gasteiger partial charge in [-0.2, -0.15) is 0 Å². The molecule has 108 valence electrons. The standard InChI is InChI=1S/C15H14FN3O2/c1-9-2-5-11(16)8-13(9)19-14(20)10-3-6-12(7-4-10)18-15(17)21/h2-8H,1H3,(H,19,20)(H3,17,18,21). The minimum Gasteiger partial charge on any atom is -0.351 e. The molecule has 0 spiro atoms. The highest BCUT2D eigenvalue weighted by molar-refractivity contribution is 6.05. The zero-order valence-electron chi connectivity index (χ0n) is 11.3. The van der Waals surface area contributed by atoms with Crippen LogP contribution in [0.5, 0.6) is 0 Å². The van der Waals surface area contributed by atoms with E-state index in [4.69, 9.17) is 5.73 Å². The van der Waals surface area contributed by atoms with Gasteiger partial charge in [-0.15, -0.1) is 0 Å². The molecule has 2 rings (SSSR count). The second kappa shape index (κ2) is 6.04. The highest BCUT2D eigenvalue weighted by Crippen LogP contribution is 2.17. The van der Waals surface area contributed by atoms with Crippen LogP contribution < -0.4 is 16.4 Å². The Bertz CT molecular complexity index is 684. The molecule has 6 heteroatoms. The quantitative estimate of drug-likeness (QED) is 0.811. The lowest BCUT2D eigenvalue weighted by Gasteiger charge is -2.09. The maximum absolute atomic E-state index is 13.2. The average Bonchev–Trinajstić information content (AvgIpc) is 2.43. The topological polar surface area (TPSA) is 84.2 Å². The maximum atomic E-state index is 13.2. The van der Waals surface area contributed by atoms with Crippen molar-refractivity contribution in [2.45, 2.75) is 6.92 Å². The summed E-state index contributed by atoms with van der Waals surface area (Å²) in [5, 5.41) is 5.03. The number of benzene rings is 2. The number of carbonyl (C=O) groups excluding carboxylic acids is 2. The maximum Gasteiger partial charge on any atom is 0.316 e. The van der Waals surface area contributed by atoms with Crippen LogP contribution in [0.2, 0.25) is 0 Å². The number of nitrogens with two attached hydrogens (primary N) is 1. The normalized spacial score (nSPS) is 10.0. The van der Waals surface area contributed by atoms with E-state index in [9.17, 15) is 14.0 Å². The summed E-state index contributed by atoms with van der Waals surface area (Å²) < 4.78 is 13.2. The van der Waals surface area contributed by atoms with Crippen LogP contribution in [-0.2, 0) is 0 Å². The molecule has 21 heavy (non-hydrogen) atoms. The van der Waals surface area contributed by atoms with E-state index in [1.165, 1.54) is 24.3 Å². The zero-order chi connectivity index (χ0) is 15.4. The van der Waals surface area contributed by atoms with Crippen LogP contribution in [-0.4, -0.2) is 11.9 Å². The molecule has 0 aromatic heterocycles. The van der Waals surface area contributed by atoms with Crippen LogP contribution in [0, 0.1) is 12.7 Å². The highest BCUT2D eigenvalue weighted by Gasteiger charge is 2.08. The van der Waals surface area contributed by atoms with E-state index in [-0.39, 0.29) is 5.91 Å². The highest BCUT2D eigenvalue weighted by atomic mass is 19.1. The molecule has 0 aliphatic rings. The van der Waals surface area contributed by atoms with Crippen molar-refractivity contribution >= 4 is 23.3 Å². The molecule has 0 saturated carbocycles. The smallest absolute Gasteiger partial charge is 0.316 e. The lowest BCUT2D eigenvalue weighted by molar-refractivity contribution is 0.102. The molecule has 4 N–H and O–H groups in total. The van der Waals surface area contributed by atoms with E-state index in [2.05, 4.69) is 10.6 Å². The van der Waals surface area contributed by atoms with Crippen molar-refractivity contribution in [1.29, 1.82) is 0 Å². The predicted molar refractivity (Wildman–Crippen MR) is 78.7 cm³/mol. The molecule has 0 saturated heterocycles. The molecule has 0 fully saturated rings. The summed E-state index contributed by atoms with van der Waals surface area (Å²) in [5.41, 5.74) is 7.04. The van der Waals surface area contributed by atoms with Crippen LogP contribution in [0.3, 0.4) is 0 Å². The van der Waals surface area contributed by atoms with Crippen LogP contribution >= 0.6 is 0 Å². The minimum absolute atomic E-state index is 0.366. The van der Waals surface area contributed by atoms with Crippen molar-refractivity contribution in [3.63, 3.8) is 0 Å². The second-order valence-electron chi connectivity index (χ2n) is 4.48. The second-order valence-corrected chi connectivity index (χ2v) is 4.48. The van der Waals surface area contributed by atoms with Crippen molar-refractivity contribution in [1.82, 2.24) is 0 Å². The summed E-state index contributed by atoms with van der Waals surface area (Å²) in [6.07, 6.45) is 0. The molecule has 5 nitrogen and oxygen atoms in total. The molecular weight excluding hydrogens is 273 g/mol. The minimum atomic E-state index is -0.678. The number of aryl methyl sites for hydroxylation is 1. The van der Waals surface area contributed by atoms with E-state index < -0.39 is 11.8 Å². The fraction of sp³-hybridized carbons (Fsp3) is 0.0667. The first kappa shape index (κ1) is 14.5. The van der Waals surface area contributed by atoms with Gasteiger partial charge in [-0.1, -0.05) is 6.07 Å². The molecule has 0 atom stereocenters. The molecule has 0 heterocycles. The van der Waals surface area contributed by atoms with Crippen LogP contribution in [0.4, 0.5) is 20.6 Å². The summed E-state index contributed by atoms with van der Waals surface area (Å²) in [6.45, 7) is 1.77. The number of urea groups is 1. The zero-order valence-corrected chi connectivity index (χ0v) is 11.3. The SMILES string of the molecule is Cc1ccc(F)cc1NC(=O)c1ccc(NC(N)=O)cc1. The summed E-state index contributed by atoms with van der Waals surface area (Å²) in [7, 11) is 0. The average molecular weight is 287 g/mol. The van der Waals surface area contributed by atoms with E-state index >= 15 is 0 Å². The fourth-order valence-corrected chi connectivity index (χ4v) is 1.77. The van der Waals surface area contributed by atoms with Gasteiger partial charge in [0, 0.05) is 16.9 Å². The molecule has 0 unspecified atom stereocenters. The Morgan fingerprint density at radius 3 is 2.33 bits per heavy atom. The number of nitrogens with one attached hydrogen (secondary N) is 2. The Kier molecular flexibility index (Phi) is 4.18. The molecule has 3 amide bonds. The Morgan fingerprint density at radius 2 is 1.71 bits per heavy atom. The van der Waals surface area contributed by atoms with Crippen LogP contribution in [0.15, 0.2) is 42.5 Å². The van der Waals surface area contributed by atoms with Gasteiger partial charge in [-0.3, -0.25) is 4.79 Å². The number of primary amides is 1. The molecule has 2 aromatic carbocycles. The third-order valence-corrected chi connectivity index (χ3v) is 2.86. The third-order valence-electron chi connectivity index (χ3n) is 2.86. The van der Waals surface area contributed by atoms with Gasteiger partial charge < -0.3 is 16.4 Å². The Labute approximate surface area is 121 Å². The molecule has 0 aliphatic heterocycles. The number of anilines is 2. The third kappa shape index (κ3) is 3.79. The summed E-state index contributed by atoms with van der Waals surface area (Å²) in [5.74, 6) is -0.786. The Balaban J connectivity index is 2.13. The molecule has 0 bridgehead atoms. The lowest BCUT2D eigenvalue weighted by atomic mass is 10.1. The van der Waals surface area contributed by atoms with Gasteiger partial charge >= 0.3 is 6.03 Å². The number of hydrogen-bond acceptors (Lipinski definition) is 2. The number of amides is 3. The van der Waals surface area contributed by atoms with Gasteiger partial charge in [-0.05, 0) is 48.9 Å². The Morgan fingerprint density at radius 1 is 1.05 bits per heavy atom. The fourth-order valence-electron chi connectivity index (χ4n) is 1.77. The van der Waals surface area contributed by atoms with Crippen molar-refractivity contribution in [2.24, 2.45) is 5.73 Å². The summed E-state index contributed by atoms with van der Waals surface area (Å²) in [6, 6.07) is 9.68. The van der Waals surface area contributed by atoms with Crippen molar-refractivity contribution in [3.8, 4) is 0 Å². The van der Waals surface area contributed by atoms with Crippen LogP contribution in [0.25, 0.3) is 0 Å². The van der Waals surface area contributed by atoms with Gasteiger partial charge in [0.05, 0.1) is 0 Å². The van der Waals surface area contributed by atoms with E-state index in [0.29, 0.717) is 16.9 Å². The monoisotopic (exact) mass is 287 g/mol. The molecule has 0 radical (unpaired) electrons. The van der Waals surface area contributed by atoms with E-state index in [1.54, 1.807) is 25.1 Å². The summed E-state index contributed by atoms with van der Waals surface area (Å²) >= 11 is 0. The molecule has 0 aliphatic carbocycles. The number of hydrogen-bond donors (Lipinski definition) is 3. The van der Waals surface area contributed by atoms with E-state index in [1.807, 2.05) is 0 Å². The first-order valence-electron chi connectivity index (χ1n) is 6.20. The van der Waals surface area contributed by atoms with Gasteiger partial charge in [0.15, 0.2) is 0 Å². The number of carbonyl (C=O) groups is 2. The number of halogens is 1. The van der Waals surface area contributed by atoms with E-state index in [0.717, 1.165) is 5.56 Å². The van der Waals surface area contributed by atoms with Gasteiger partial charge in [0.1, 0.15) is 5.82 Å². The Hall–Kier alpha value is -2.89. The predicted octanol–water partition coefficient (Wildman–Crippen LogP) is 2.88. The van der Waals surface area contributed by atoms with Gasteiger partial charge in [-0.25, -0.2) is 9.18 Å². The van der Waals surface area contributed by atoms with Crippen molar-refractivity contribution in [2.75, 3.05) is 10.6 Å². The largest absolute Gasteiger partial charge is 0.351 e. The molecular formula is C15H14FN3O2. The first-order chi connectivity index (χ1) is 9.95. The van der Waals surface area contributed by atoms with Crippen LogP contribution in [0.1, 0.15) is 15.9 Å². The first-order valence-corrected chi connectivity index (χ1v) is 6.20. The lowest BCUT2D eigenvalue weighted by Crippen LogP contribution is -2.19.